The second-order valence-corrected chi connectivity index (χ2v) is 6.40. The molecule has 152 valence electrons. The zero-order valence-electron chi connectivity index (χ0n) is 17.1. The number of hydrogen-bond acceptors (Lipinski definition) is 3. The van der Waals surface area contributed by atoms with Crippen LogP contribution in [0.25, 0.3) is 0 Å². The molecule has 0 bridgehead atoms. The molecule has 0 saturated carbocycles. The van der Waals surface area contributed by atoms with Crippen LogP contribution in [0.4, 0.5) is 0 Å². The lowest BCUT2D eigenvalue weighted by molar-refractivity contribution is -0.143. The van der Waals surface area contributed by atoms with Crippen molar-refractivity contribution in [3.05, 3.63) is 18.7 Å². The summed E-state index contributed by atoms with van der Waals surface area (Å²) in [6.45, 7) is 8.01. The van der Waals surface area contributed by atoms with Gasteiger partial charge in [0.05, 0.1) is 18.2 Å². The van der Waals surface area contributed by atoms with Crippen molar-refractivity contribution in [2.24, 2.45) is 18.9 Å². The van der Waals surface area contributed by atoms with E-state index >= 15 is 0 Å². The summed E-state index contributed by atoms with van der Waals surface area (Å²) in [4.78, 5) is 24.7. The summed E-state index contributed by atoms with van der Waals surface area (Å²) in [6, 6.07) is 0. The number of carboxylic acid groups (broad SMARTS) is 2. The quantitative estimate of drug-likeness (QED) is 0.605. The first-order valence-electron chi connectivity index (χ1n) is 9.71. The van der Waals surface area contributed by atoms with Crippen molar-refractivity contribution < 1.29 is 19.8 Å². The predicted molar refractivity (Wildman–Crippen MR) is 105 cm³/mol. The summed E-state index contributed by atoms with van der Waals surface area (Å²) in [5.41, 5.74) is 0. The van der Waals surface area contributed by atoms with E-state index in [1.165, 1.54) is 0 Å². The lowest BCUT2D eigenvalue weighted by Gasteiger charge is -2.06. The molecule has 0 fully saturated rings. The average Bonchev–Trinajstić information content (AvgIpc) is 3.08. The number of aryl methyl sites for hydroxylation is 1. The van der Waals surface area contributed by atoms with Gasteiger partial charge in [-0.2, -0.15) is 0 Å². The highest BCUT2D eigenvalue weighted by molar-refractivity contribution is 5.70. The number of hydrogen-bond donors (Lipinski definition) is 2. The van der Waals surface area contributed by atoms with Gasteiger partial charge in [0.2, 0.25) is 0 Å². The summed E-state index contributed by atoms with van der Waals surface area (Å²) in [6.07, 6.45) is 12.8. The van der Waals surface area contributed by atoms with E-state index in [1.807, 2.05) is 31.7 Å². The topological polar surface area (TPSA) is 92.4 Å². The third kappa shape index (κ3) is 15.7. The highest BCUT2D eigenvalue weighted by atomic mass is 16.4. The van der Waals surface area contributed by atoms with Gasteiger partial charge in [0.25, 0.3) is 0 Å². The van der Waals surface area contributed by atoms with Crippen molar-refractivity contribution in [3.63, 3.8) is 0 Å². The van der Waals surface area contributed by atoms with Gasteiger partial charge < -0.3 is 14.8 Å². The molecule has 2 N–H and O–H groups in total. The van der Waals surface area contributed by atoms with Crippen LogP contribution in [0.3, 0.4) is 0 Å². The van der Waals surface area contributed by atoms with Gasteiger partial charge in [-0.05, 0) is 25.7 Å². The number of rotatable bonds is 10. The molecule has 1 aromatic heterocycles. The normalized spacial score (nSPS) is 12.0. The summed E-state index contributed by atoms with van der Waals surface area (Å²) in [5, 5.41) is 17.2. The molecule has 0 aliphatic heterocycles. The molecule has 6 nitrogen and oxygen atoms in total. The number of carboxylic acids is 2. The third-order valence-electron chi connectivity index (χ3n) is 4.13. The van der Waals surface area contributed by atoms with E-state index in [4.69, 9.17) is 10.2 Å². The van der Waals surface area contributed by atoms with Crippen LogP contribution < -0.4 is 0 Å². The maximum Gasteiger partial charge on any atom is 0.306 e. The van der Waals surface area contributed by atoms with Crippen molar-refractivity contribution >= 4 is 11.9 Å². The Hall–Kier alpha value is -1.85. The van der Waals surface area contributed by atoms with Crippen molar-refractivity contribution in [2.45, 2.75) is 79.1 Å². The lowest BCUT2D eigenvalue weighted by atomic mass is 10.00. The summed E-state index contributed by atoms with van der Waals surface area (Å²) in [7, 11) is 1.94. The van der Waals surface area contributed by atoms with E-state index in [2.05, 4.69) is 18.8 Å². The largest absolute Gasteiger partial charge is 0.481 e. The zero-order chi connectivity index (χ0) is 20.4. The van der Waals surface area contributed by atoms with Gasteiger partial charge in [-0.1, -0.05) is 53.4 Å². The Kier molecular flexibility index (Phi) is 18.2. The Balaban J connectivity index is 0. The molecule has 0 radical (unpaired) electrons. The van der Waals surface area contributed by atoms with E-state index in [-0.39, 0.29) is 11.8 Å². The van der Waals surface area contributed by atoms with Crippen LogP contribution in [-0.4, -0.2) is 31.7 Å². The predicted octanol–water partition coefficient (Wildman–Crippen LogP) is 4.99. The van der Waals surface area contributed by atoms with Crippen molar-refractivity contribution in [1.29, 1.82) is 0 Å². The molecule has 0 aliphatic rings. The first-order chi connectivity index (χ1) is 12.3. The van der Waals surface area contributed by atoms with Gasteiger partial charge in [-0.25, -0.2) is 4.98 Å². The van der Waals surface area contributed by atoms with Crippen molar-refractivity contribution in [2.75, 3.05) is 0 Å². The van der Waals surface area contributed by atoms with E-state index in [0.29, 0.717) is 0 Å². The Bertz CT molecular complexity index is 421. The molecule has 0 amide bonds. The van der Waals surface area contributed by atoms with Crippen molar-refractivity contribution in [1.82, 2.24) is 9.55 Å². The van der Waals surface area contributed by atoms with Crippen LogP contribution in [0.2, 0.25) is 0 Å². The van der Waals surface area contributed by atoms with Crippen LogP contribution in [-0.2, 0) is 16.6 Å². The third-order valence-corrected chi connectivity index (χ3v) is 4.13. The Morgan fingerprint density at radius 1 is 0.923 bits per heavy atom. The molecule has 1 heterocycles. The number of nitrogens with zero attached hydrogens (tertiary/aromatic N) is 2. The van der Waals surface area contributed by atoms with E-state index < -0.39 is 11.9 Å². The number of aliphatic carboxylic acids is 2. The zero-order valence-corrected chi connectivity index (χ0v) is 17.1. The molecule has 0 saturated heterocycles. The van der Waals surface area contributed by atoms with Gasteiger partial charge in [0.15, 0.2) is 0 Å². The van der Waals surface area contributed by atoms with Crippen molar-refractivity contribution in [3.8, 4) is 0 Å². The Morgan fingerprint density at radius 2 is 1.35 bits per heavy atom. The van der Waals surface area contributed by atoms with Crippen LogP contribution >= 0.6 is 0 Å². The van der Waals surface area contributed by atoms with Crippen LogP contribution in [0.5, 0.6) is 0 Å². The molecular weight excluding hydrogens is 332 g/mol. The van der Waals surface area contributed by atoms with E-state index in [9.17, 15) is 9.59 Å². The van der Waals surface area contributed by atoms with Gasteiger partial charge in [0, 0.05) is 19.4 Å². The molecule has 2 unspecified atom stereocenters. The molecule has 1 rings (SSSR count). The van der Waals surface area contributed by atoms with Crippen LogP contribution in [0, 0.1) is 11.8 Å². The number of imidazole rings is 1. The SMILES string of the molecule is CCCCC(CC)C(=O)O.CCCCC(CC)C(=O)O.Cn1ccnc1. The fourth-order valence-electron chi connectivity index (χ4n) is 2.23. The average molecular weight is 371 g/mol. The molecule has 0 spiro atoms. The standard InChI is InChI=1S/2C8H16O2.C4H6N2/c2*1-3-5-6-7(4-2)8(9)10;1-6-3-2-5-4-6/h2*7H,3-6H2,1-2H3,(H,9,10);2-4H,1H3. The minimum Gasteiger partial charge on any atom is -0.481 e. The molecule has 2 atom stereocenters. The number of carbonyl (C=O) groups is 2. The first-order valence-corrected chi connectivity index (χ1v) is 9.71. The van der Waals surface area contributed by atoms with Gasteiger partial charge in [-0.3, -0.25) is 9.59 Å². The number of unbranched alkanes of at least 4 members (excludes halogenated alkanes) is 2. The maximum absolute atomic E-state index is 10.4. The van der Waals surface area contributed by atoms with Gasteiger partial charge >= 0.3 is 11.9 Å². The highest BCUT2D eigenvalue weighted by Crippen LogP contribution is 2.12. The Morgan fingerprint density at radius 3 is 1.50 bits per heavy atom. The van der Waals surface area contributed by atoms with E-state index in [1.54, 1.807) is 12.5 Å². The summed E-state index contributed by atoms with van der Waals surface area (Å²) >= 11 is 0. The summed E-state index contributed by atoms with van der Waals surface area (Å²) in [5.74, 6) is -1.51. The Labute approximate surface area is 158 Å². The smallest absolute Gasteiger partial charge is 0.306 e. The second kappa shape index (κ2) is 18.0. The molecule has 6 heteroatoms. The monoisotopic (exact) mass is 370 g/mol. The highest BCUT2D eigenvalue weighted by Gasteiger charge is 2.13. The minimum absolute atomic E-state index is 0.111. The first kappa shape index (κ1) is 26.4. The van der Waals surface area contributed by atoms with Gasteiger partial charge in [-0.15, -0.1) is 0 Å². The summed E-state index contributed by atoms with van der Waals surface area (Å²) < 4.78 is 1.89. The molecule has 0 aliphatic carbocycles. The second-order valence-electron chi connectivity index (χ2n) is 6.40. The van der Waals surface area contributed by atoms with E-state index in [0.717, 1.165) is 51.4 Å². The molecule has 1 aromatic rings. The minimum atomic E-state index is -0.643. The van der Waals surface area contributed by atoms with Crippen LogP contribution in [0.1, 0.15) is 79.1 Å². The molecule has 0 aromatic carbocycles. The maximum atomic E-state index is 10.4. The fourth-order valence-corrected chi connectivity index (χ4v) is 2.23. The lowest BCUT2D eigenvalue weighted by Crippen LogP contribution is -2.11. The molecule has 26 heavy (non-hydrogen) atoms. The fraction of sp³-hybridized carbons (Fsp3) is 0.750. The molecular formula is C20H38N2O4. The van der Waals surface area contributed by atoms with Crippen LogP contribution in [0.15, 0.2) is 18.7 Å². The van der Waals surface area contributed by atoms with Gasteiger partial charge in [0.1, 0.15) is 0 Å². The number of aromatic nitrogens is 2.